The Hall–Kier alpha value is -1.71. The Morgan fingerprint density at radius 2 is 1.86 bits per heavy atom. The van der Waals surface area contributed by atoms with Gasteiger partial charge in [0.15, 0.2) is 0 Å². The van der Waals surface area contributed by atoms with Crippen LogP contribution >= 0.6 is 11.6 Å². The normalized spacial score (nSPS) is 13.7. The van der Waals surface area contributed by atoms with Crippen molar-refractivity contribution in [1.82, 2.24) is 0 Å². The minimum absolute atomic E-state index is 0.630. The maximum Gasteiger partial charge on any atom is 0.127 e. The quantitative estimate of drug-likeness (QED) is 0.854. The molecule has 21 heavy (non-hydrogen) atoms. The van der Waals surface area contributed by atoms with E-state index in [2.05, 4.69) is 6.07 Å². The zero-order valence-electron chi connectivity index (χ0n) is 12.1. The summed E-state index contributed by atoms with van der Waals surface area (Å²) in [5.74, 6) is 1.56. The van der Waals surface area contributed by atoms with Gasteiger partial charge in [-0.15, -0.1) is 0 Å². The number of hydrogen-bond donors (Lipinski definition) is 0. The lowest BCUT2D eigenvalue weighted by atomic mass is 9.96. The summed E-state index contributed by atoms with van der Waals surface area (Å²) in [4.78, 5) is 0. The average molecular weight is 305 g/mol. The first kappa shape index (κ1) is 14.2. The summed E-state index contributed by atoms with van der Waals surface area (Å²) < 4.78 is 16.2. The molecule has 0 saturated heterocycles. The number of hydrogen-bond acceptors (Lipinski definition) is 3. The third-order valence-corrected chi connectivity index (χ3v) is 4.07. The molecule has 0 fully saturated rings. The van der Waals surface area contributed by atoms with Gasteiger partial charge in [-0.25, -0.2) is 0 Å². The van der Waals surface area contributed by atoms with E-state index in [0.717, 1.165) is 41.2 Å². The molecule has 0 aliphatic carbocycles. The van der Waals surface area contributed by atoms with Crippen molar-refractivity contribution >= 4 is 11.6 Å². The van der Waals surface area contributed by atoms with Gasteiger partial charge in [0, 0.05) is 16.1 Å². The SMILES string of the molecule is COc1ccc(OC)c(-c2cc3c(cc2Cl)COCC3)c1. The molecule has 1 heterocycles. The number of ether oxygens (including phenoxy) is 3. The van der Waals surface area contributed by atoms with Crippen molar-refractivity contribution in [3.63, 3.8) is 0 Å². The Balaban J connectivity index is 2.15. The van der Waals surface area contributed by atoms with Crippen LogP contribution in [0, 0.1) is 0 Å². The van der Waals surface area contributed by atoms with Crippen LogP contribution in [0.5, 0.6) is 11.5 Å². The highest BCUT2D eigenvalue weighted by molar-refractivity contribution is 6.33. The monoisotopic (exact) mass is 304 g/mol. The van der Waals surface area contributed by atoms with Crippen LogP contribution in [-0.4, -0.2) is 20.8 Å². The highest BCUT2D eigenvalue weighted by Crippen LogP contribution is 2.39. The zero-order chi connectivity index (χ0) is 14.8. The molecule has 2 aromatic carbocycles. The molecule has 0 saturated carbocycles. The Morgan fingerprint density at radius 3 is 2.62 bits per heavy atom. The fourth-order valence-electron chi connectivity index (χ4n) is 2.62. The first-order valence-corrected chi connectivity index (χ1v) is 7.22. The molecule has 3 rings (SSSR count). The fraction of sp³-hybridized carbons (Fsp3) is 0.294. The van der Waals surface area contributed by atoms with E-state index in [-0.39, 0.29) is 0 Å². The van der Waals surface area contributed by atoms with Crippen LogP contribution in [0.2, 0.25) is 5.02 Å². The van der Waals surface area contributed by atoms with Crippen LogP contribution in [0.4, 0.5) is 0 Å². The molecule has 0 spiro atoms. The summed E-state index contributed by atoms with van der Waals surface area (Å²) in [5, 5.41) is 0.700. The molecule has 0 aromatic heterocycles. The van der Waals surface area contributed by atoms with Crippen LogP contribution in [0.15, 0.2) is 30.3 Å². The molecule has 4 heteroatoms. The predicted molar refractivity (Wildman–Crippen MR) is 83.4 cm³/mol. The Labute approximate surface area is 129 Å². The van der Waals surface area contributed by atoms with Gasteiger partial charge in [-0.1, -0.05) is 11.6 Å². The third kappa shape index (κ3) is 2.71. The molecule has 0 N–H and O–H groups in total. The molecule has 110 valence electrons. The van der Waals surface area contributed by atoms with E-state index in [1.807, 2.05) is 24.3 Å². The molecule has 0 bridgehead atoms. The van der Waals surface area contributed by atoms with Crippen molar-refractivity contribution in [3.8, 4) is 22.6 Å². The summed E-state index contributed by atoms with van der Waals surface area (Å²) in [6.07, 6.45) is 0.909. The smallest absolute Gasteiger partial charge is 0.127 e. The second-order valence-corrected chi connectivity index (χ2v) is 5.38. The molecule has 1 aliphatic heterocycles. The number of benzene rings is 2. The molecular formula is C17H17ClO3. The number of fused-ring (bicyclic) bond motifs is 1. The van der Waals surface area contributed by atoms with Gasteiger partial charge in [0.2, 0.25) is 0 Å². The van der Waals surface area contributed by atoms with E-state index in [4.69, 9.17) is 25.8 Å². The predicted octanol–water partition coefficient (Wildman–Crippen LogP) is 4.10. The van der Waals surface area contributed by atoms with E-state index in [1.54, 1.807) is 14.2 Å². The second-order valence-electron chi connectivity index (χ2n) is 4.97. The van der Waals surface area contributed by atoms with Gasteiger partial charge in [0.05, 0.1) is 27.4 Å². The first-order valence-electron chi connectivity index (χ1n) is 6.84. The van der Waals surface area contributed by atoms with Crippen molar-refractivity contribution in [2.75, 3.05) is 20.8 Å². The van der Waals surface area contributed by atoms with Gasteiger partial charge in [0.25, 0.3) is 0 Å². The summed E-state index contributed by atoms with van der Waals surface area (Å²) >= 11 is 6.47. The molecule has 0 radical (unpaired) electrons. The fourth-order valence-corrected chi connectivity index (χ4v) is 2.91. The van der Waals surface area contributed by atoms with Gasteiger partial charge in [0.1, 0.15) is 11.5 Å². The molecule has 2 aromatic rings. The van der Waals surface area contributed by atoms with Crippen LogP contribution in [0.25, 0.3) is 11.1 Å². The van der Waals surface area contributed by atoms with Crippen LogP contribution in [-0.2, 0) is 17.8 Å². The largest absolute Gasteiger partial charge is 0.497 e. The average Bonchev–Trinajstić information content (AvgIpc) is 2.53. The second kappa shape index (κ2) is 5.96. The van der Waals surface area contributed by atoms with Gasteiger partial charge >= 0.3 is 0 Å². The van der Waals surface area contributed by atoms with Crippen molar-refractivity contribution in [2.45, 2.75) is 13.0 Å². The highest BCUT2D eigenvalue weighted by atomic mass is 35.5. The van der Waals surface area contributed by atoms with Crippen LogP contribution in [0.3, 0.4) is 0 Å². The maximum atomic E-state index is 6.47. The standard InChI is InChI=1S/C17H17ClO3/c1-19-13-3-4-17(20-2)15(9-13)14-7-11-5-6-21-10-12(11)8-16(14)18/h3-4,7-9H,5-6,10H2,1-2H3. The molecule has 0 unspecified atom stereocenters. The summed E-state index contributed by atoms with van der Waals surface area (Å²) in [6.45, 7) is 1.38. The van der Waals surface area contributed by atoms with Gasteiger partial charge in [-0.2, -0.15) is 0 Å². The van der Waals surface area contributed by atoms with Crippen molar-refractivity contribution < 1.29 is 14.2 Å². The van der Waals surface area contributed by atoms with Gasteiger partial charge < -0.3 is 14.2 Å². The Morgan fingerprint density at radius 1 is 1.00 bits per heavy atom. The Bertz CT molecular complexity index is 667. The summed E-state index contributed by atoms with van der Waals surface area (Å²) in [6, 6.07) is 9.85. The van der Waals surface area contributed by atoms with Gasteiger partial charge in [-0.3, -0.25) is 0 Å². The first-order chi connectivity index (χ1) is 10.2. The number of halogens is 1. The lowest BCUT2D eigenvalue weighted by Crippen LogP contribution is -2.10. The van der Waals surface area contributed by atoms with Crippen LogP contribution in [0.1, 0.15) is 11.1 Å². The Kier molecular flexibility index (Phi) is 4.04. The summed E-state index contributed by atoms with van der Waals surface area (Å²) in [7, 11) is 3.31. The van der Waals surface area contributed by atoms with E-state index < -0.39 is 0 Å². The lowest BCUT2D eigenvalue weighted by molar-refractivity contribution is 0.111. The van der Waals surface area contributed by atoms with E-state index >= 15 is 0 Å². The zero-order valence-corrected chi connectivity index (χ0v) is 12.9. The molecule has 0 amide bonds. The highest BCUT2D eigenvalue weighted by Gasteiger charge is 2.16. The van der Waals surface area contributed by atoms with Crippen LogP contribution < -0.4 is 9.47 Å². The number of rotatable bonds is 3. The van der Waals surface area contributed by atoms with E-state index in [9.17, 15) is 0 Å². The molecule has 1 aliphatic rings. The molecular weight excluding hydrogens is 288 g/mol. The topological polar surface area (TPSA) is 27.7 Å². The van der Waals surface area contributed by atoms with E-state index in [1.165, 1.54) is 5.56 Å². The van der Waals surface area contributed by atoms with E-state index in [0.29, 0.717) is 11.6 Å². The lowest BCUT2D eigenvalue weighted by Gasteiger charge is -2.19. The summed E-state index contributed by atoms with van der Waals surface area (Å²) in [5.41, 5.74) is 4.35. The maximum absolute atomic E-state index is 6.47. The van der Waals surface area contributed by atoms with Gasteiger partial charge in [-0.05, 0) is 47.9 Å². The van der Waals surface area contributed by atoms with Crippen molar-refractivity contribution in [1.29, 1.82) is 0 Å². The molecule has 0 atom stereocenters. The third-order valence-electron chi connectivity index (χ3n) is 3.76. The van der Waals surface area contributed by atoms with Crippen molar-refractivity contribution in [2.24, 2.45) is 0 Å². The van der Waals surface area contributed by atoms with Crippen molar-refractivity contribution in [3.05, 3.63) is 46.5 Å². The number of methoxy groups -OCH3 is 2. The molecule has 3 nitrogen and oxygen atoms in total. The minimum atomic E-state index is 0.630. The minimum Gasteiger partial charge on any atom is -0.497 e.